The predicted molar refractivity (Wildman–Crippen MR) is 108 cm³/mol. The van der Waals surface area contributed by atoms with Gasteiger partial charge in [0.25, 0.3) is 0 Å². The molecule has 0 spiro atoms. The number of likely N-dealkylation sites (N-methyl/N-ethyl adjacent to an activating group) is 1. The summed E-state index contributed by atoms with van der Waals surface area (Å²) in [6, 6.07) is 4.67. The van der Waals surface area contributed by atoms with Crippen LogP contribution in [-0.2, 0) is 20.5 Å². The average molecular weight is 437 g/mol. The lowest BCUT2D eigenvalue weighted by Crippen LogP contribution is -2.51. The largest absolute Gasteiger partial charge is 0.444 e. The fourth-order valence-corrected chi connectivity index (χ4v) is 5.27. The van der Waals surface area contributed by atoms with E-state index in [9.17, 15) is 13.2 Å². The van der Waals surface area contributed by atoms with Gasteiger partial charge in [-0.1, -0.05) is 29.3 Å². The summed E-state index contributed by atoms with van der Waals surface area (Å²) < 4.78 is 32.6. The second-order valence-corrected chi connectivity index (χ2v) is 10.5. The molecule has 0 bridgehead atoms. The van der Waals surface area contributed by atoms with Crippen molar-refractivity contribution in [2.45, 2.75) is 51.0 Å². The second kappa shape index (κ2) is 8.55. The molecule has 1 saturated heterocycles. The second-order valence-electron chi connectivity index (χ2n) is 7.70. The molecular formula is C18H26Cl2N2O4S. The molecule has 1 aliphatic heterocycles. The number of amides is 1. The molecule has 0 radical (unpaired) electrons. The van der Waals surface area contributed by atoms with E-state index in [0.717, 1.165) is 0 Å². The maximum Gasteiger partial charge on any atom is 0.410 e. The van der Waals surface area contributed by atoms with Crippen molar-refractivity contribution in [2.75, 3.05) is 20.1 Å². The fourth-order valence-electron chi connectivity index (χ4n) is 2.92. The van der Waals surface area contributed by atoms with E-state index in [0.29, 0.717) is 35.0 Å². The van der Waals surface area contributed by atoms with Crippen LogP contribution in [0.5, 0.6) is 0 Å². The molecule has 1 amide bonds. The molecule has 1 fully saturated rings. The minimum Gasteiger partial charge on any atom is -0.444 e. The molecule has 1 heterocycles. The van der Waals surface area contributed by atoms with Gasteiger partial charge in [-0.05, 0) is 45.7 Å². The summed E-state index contributed by atoms with van der Waals surface area (Å²) in [5.74, 6) is -0.269. The first-order valence-corrected chi connectivity index (χ1v) is 11.1. The number of hydrogen-bond acceptors (Lipinski definition) is 4. The number of halogens is 2. The van der Waals surface area contributed by atoms with Crippen molar-refractivity contribution in [1.82, 2.24) is 9.21 Å². The van der Waals surface area contributed by atoms with Crippen molar-refractivity contribution in [3.8, 4) is 0 Å². The highest BCUT2D eigenvalue weighted by Gasteiger charge is 2.34. The van der Waals surface area contributed by atoms with Crippen LogP contribution >= 0.6 is 23.2 Å². The number of piperidine rings is 1. The van der Waals surface area contributed by atoms with E-state index in [1.807, 2.05) is 0 Å². The van der Waals surface area contributed by atoms with Gasteiger partial charge in [0.1, 0.15) is 5.60 Å². The number of hydrogen-bond donors (Lipinski definition) is 0. The first kappa shape index (κ1) is 22.3. The molecule has 0 N–H and O–H groups in total. The van der Waals surface area contributed by atoms with Crippen LogP contribution in [0.25, 0.3) is 0 Å². The Morgan fingerprint density at radius 1 is 1.30 bits per heavy atom. The standard InChI is InChI=1S/C18H26Cl2N2O4S/c1-18(2,3)26-17(23)21(4)13-7-6-10-22(11-13)27(24,25)12-14-15(19)8-5-9-16(14)20/h5,8-9,13H,6-7,10-12H2,1-4H3. The van der Waals surface area contributed by atoms with Crippen molar-refractivity contribution in [3.63, 3.8) is 0 Å². The maximum atomic E-state index is 12.9. The molecule has 6 nitrogen and oxygen atoms in total. The molecule has 0 aliphatic carbocycles. The summed E-state index contributed by atoms with van der Waals surface area (Å²) in [4.78, 5) is 13.8. The highest BCUT2D eigenvalue weighted by molar-refractivity contribution is 7.88. The van der Waals surface area contributed by atoms with Crippen LogP contribution in [0.1, 0.15) is 39.2 Å². The molecule has 0 saturated carbocycles. The molecule has 1 unspecified atom stereocenters. The van der Waals surface area contributed by atoms with E-state index >= 15 is 0 Å². The highest BCUT2D eigenvalue weighted by atomic mass is 35.5. The van der Waals surface area contributed by atoms with E-state index in [-0.39, 0.29) is 18.3 Å². The van der Waals surface area contributed by atoms with Gasteiger partial charge in [-0.2, -0.15) is 4.31 Å². The Hall–Kier alpha value is -1.02. The first-order chi connectivity index (χ1) is 12.4. The zero-order valence-electron chi connectivity index (χ0n) is 16.0. The molecular weight excluding hydrogens is 411 g/mol. The molecule has 27 heavy (non-hydrogen) atoms. The van der Waals surface area contributed by atoms with Crippen LogP contribution in [0.15, 0.2) is 18.2 Å². The molecule has 0 aromatic heterocycles. The number of rotatable bonds is 4. The molecule has 9 heteroatoms. The van der Waals surface area contributed by atoms with Crippen LogP contribution in [0, 0.1) is 0 Å². The lowest BCUT2D eigenvalue weighted by Gasteiger charge is -2.37. The lowest BCUT2D eigenvalue weighted by atomic mass is 10.1. The Balaban J connectivity index is 2.11. The fraction of sp³-hybridized carbons (Fsp3) is 0.611. The van der Waals surface area contributed by atoms with Gasteiger partial charge in [0, 0.05) is 41.8 Å². The van der Waals surface area contributed by atoms with E-state index < -0.39 is 21.7 Å². The van der Waals surface area contributed by atoms with Crippen LogP contribution in [0.3, 0.4) is 0 Å². The van der Waals surface area contributed by atoms with Gasteiger partial charge >= 0.3 is 6.09 Å². The number of carbonyl (C=O) groups excluding carboxylic acids is 1. The third kappa shape index (κ3) is 5.98. The normalized spacial score (nSPS) is 19.0. The zero-order chi connectivity index (χ0) is 20.4. The van der Waals surface area contributed by atoms with E-state index in [1.54, 1.807) is 46.0 Å². The van der Waals surface area contributed by atoms with Crippen LogP contribution in [-0.4, -0.2) is 55.5 Å². The Kier molecular flexibility index (Phi) is 7.06. The van der Waals surface area contributed by atoms with Crippen molar-refractivity contribution < 1.29 is 17.9 Å². The Bertz CT molecular complexity index is 773. The predicted octanol–water partition coefficient (Wildman–Crippen LogP) is 4.15. The summed E-state index contributed by atoms with van der Waals surface area (Å²) in [6.07, 6.45) is 0.919. The van der Waals surface area contributed by atoms with Crippen LogP contribution in [0.2, 0.25) is 10.0 Å². The Morgan fingerprint density at radius 2 is 1.89 bits per heavy atom. The number of benzene rings is 1. The van der Waals surface area contributed by atoms with Crippen LogP contribution in [0.4, 0.5) is 4.79 Å². The minimum absolute atomic E-state index is 0.222. The molecule has 1 aromatic carbocycles. The summed E-state index contributed by atoms with van der Waals surface area (Å²) in [5.41, 5.74) is -0.212. The Morgan fingerprint density at radius 3 is 2.44 bits per heavy atom. The van der Waals surface area contributed by atoms with E-state index in [2.05, 4.69) is 0 Å². The summed E-state index contributed by atoms with van der Waals surface area (Å²) >= 11 is 12.2. The van der Waals surface area contributed by atoms with Crippen LogP contribution < -0.4 is 0 Å². The summed E-state index contributed by atoms with van der Waals surface area (Å²) in [5, 5.41) is 0.649. The minimum atomic E-state index is -3.62. The van der Waals surface area contributed by atoms with E-state index in [1.165, 1.54) is 9.21 Å². The van der Waals surface area contributed by atoms with Crippen molar-refractivity contribution in [2.24, 2.45) is 0 Å². The third-order valence-corrected chi connectivity index (χ3v) is 6.85. The quantitative estimate of drug-likeness (QED) is 0.710. The molecule has 1 atom stereocenters. The van der Waals surface area contributed by atoms with E-state index in [4.69, 9.17) is 27.9 Å². The Labute approximate surface area is 171 Å². The molecule has 2 rings (SSSR count). The van der Waals surface area contributed by atoms with Gasteiger partial charge in [0.05, 0.1) is 5.75 Å². The smallest absolute Gasteiger partial charge is 0.410 e. The first-order valence-electron chi connectivity index (χ1n) is 8.77. The monoisotopic (exact) mass is 436 g/mol. The molecule has 152 valence electrons. The van der Waals surface area contributed by atoms with Gasteiger partial charge in [-0.3, -0.25) is 0 Å². The van der Waals surface area contributed by atoms with Crippen molar-refractivity contribution >= 4 is 39.3 Å². The van der Waals surface area contributed by atoms with Gasteiger partial charge < -0.3 is 9.64 Å². The topological polar surface area (TPSA) is 66.9 Å². The lowest BCUT2D eigenvalue weighted by molar-refractivity contribution is 0.0173. The molecule has 1 aromatic rings. The van der Waals surface area contributed by atoms with Gasteiger partial charge in [0.2, 0.25) is 10.0 Å². The van der Waals surface area contributed by atoms with Crippen molar-refractivity contribution in [3.05, 3.63) is 33.8 Å². The zero-order valence-corrected chi connectivity index (χ0v) is 18.4. The highest BCUT2D eigenvalue weighted by Crippen LogP contribution is 2.28. The summed E-state index contributed by atoms with van der Waals surface area (Å²) in [6.45, 7) is 6.01. The SMILES string of the molecule is CN(C(=O)OC(C)(C)C)C1CCCN(S(=O)(=O)Cc2c(Cl)cccc2Cl)C1. The van der Waals surface area contributed by atoms with Gasteiger partial charge in [-0.25, -0.2) is 13.2 Å². The van der Waals surface area contributed by atoms with Gasteiger partial charge in [0.15, 0.2) is 0 Å². The summed E-state index contributed by atoms with van der Waals surface area (Å²) in [7, 11) is -1.98. The molecule has 1 aliphatic rings. The number of carbonyl (C=O) groups is 1. The van der Waals surface area contributed by atoms with Crippen molar-refractivity contribution in [1.29, 1.82) is 0 Å². The maximum absolute atomic E-state index is 12.9. The third-order valence-electron chi connectivity index (χ3n) is 4.37. The number of ether oxygens (including phenoxy) is 1. The average Bonchev–Trinajstić information content (AvgIpc) is 2.56. The number of nitrogens with zero attached hydrogens (tertiary/aromatic N) is 2. The number of sulfonamides is 1. The van der Waals surface area contributed by atoms with Gasteiger partial charge in [-0.15, -0.1) is 0 Å².